The van der Waals surface area contributed by atoms with E-state index in [-0.39, 0.29) is 11.6 Å². The molecule has 10 heteroatoms. The van der Waals surface area contributed by atoms with E-state index in [0.717, 1.165) is 66.1 Å². The monoisotopic (exact) mass is 507 g/mol. The van der Waals surface area contributed by atoms with Crippen LogP contribution in [-0.2, 0) is 5.54 Å². The number of ether oxygens (including phenoxy) is 2. The van der Waals surface area contributed by atoms with E-state index in [1.165, 1.54) is 4.70 Å². The van der Waals surface area contributed by atoms with Gasteiger partial charge < -0.3 is 14.4 Å². The maximum absolute atomic E-state index is 5.81. The summed E-state index contributed by atoms with van der Waals surface area (Å²) in [7, 11) is 3.38. The zero-order chi connectivity index (χ0) is 25.3. The summed E-state index contributed by atoms with van der Waals surface area (Å²) in [4.78, 5) is 9.69. The topological polar surface area (TPSA) is 81.4 Å². The normalized spacial score (nSPS) is 15.9. The van der Waals surface area contributed by atoms with Crippen LogP contribution in [0.25, 0.3) is 10.2 Å². The molecule has 0 radical (unpaired) electrons. The molecule has 0 saturated carbocycles. The third kappa shape index (κ3) is 4.51. The number of benzene rings is 2. The Morgan fingerprint density at radius 1 is 1.03 bits per heavy atom. The summed E-state index contributed by atoms with van der Waals surface area (Å²) in [5.74, 6) is 2.37. The first-order chi connectivity index (χ1) is 17.4. The third-order valence-corrected chi connectivity index (χ3v) is 8.24. The molecule has 0 aliphatic carbocycles. The van der Waals surface area contributed by atoms with Gasteiger partial charge in [-0.1, -0.05) is 30.4 Å². The van der Waals surface area contributed by atoms with Crippen molar-refractivity contribution in [3.8, 4) is 11.5 Å². The van der Waals surface area contributed by atoms with Crippen LogP contribution in [-0.4, -0.2) is 70.5 Å². The number of anilines is 1. The smallest absolute Gasteiger partial charge is 0.186 e. The van der Waals surface area contributed by atoms with Gasteiger partial charge in [0.2, 0.25) is 0 Å². The van der Waals surface area contributed by atoms with Crippen molar-refractivity contribution in [2.45, 2.75) is 38.8 Å². The van der Waals surface area contributed by atoms with E-state index in [1.54, 1.807) is 25.6 Å². The second kappa shape index (κ2) is 10.0. The maximum atomic E-state index is 5.81. The molecule has 0 N–H and O–H groups in total. The van der Waals surface area contributed by atoms with Gasteiger partial charge >= 0.3 is 0 Å². The lowest BCUT2D eigenvalue weighted by atomic mass is 9.98. The average Bonchev–Trinajstić information content (AvgIpc) is 3.57. The molecule has 36 heavy (non-hydrogen) atoms. The zero-order valence-electron chi connectivity index (χ0n) is 21.5. The van der Waals surface area contributed by atoms with Gasteiger partial charge in [-0.2, -0.15) is 0 Å². The summed E-state index contributed by atoms with van der Waals surface area (Å²) >= 11 is 1.75. The number of hydrogen-bond donors (Lipinski definition) is 0. The van der Waals surface area contributed by atoms with Crippen molar-refractivity contribution in [1.29, 1.82) is 0 Å². The molecule has 190 valence electrons. The Morgan fingerprint density at radius 2 is 1.81 bits per heavy atom. The molecule has 0 amide bonds. The molecule has 9 nitrogen and oxygen atoms in total. The summed E-state index contributed by atoms with van der Waals surface area (Å²) in [6.07, 6.45) is 0.901. The zero-order valence-corrected chi connectivity index (χ0v) is 22.3. The molecule has 1 fully saturated rings. The number of tetrazole rings is 1. The molecule has 1 atom stereocenters. The molecule has 1 aliphatic rings. The fourth-order valence-electron chi connectivity index (χ4n) is 4.66. The van der Waals surface area contributed by atoms with Crippen molar-refractivity contribution in [2.24, 2.45) is 0 Å². The van der Waals surface area contributed by atoms with E-state index in [1.807, 2.05) is 28.9 Å². The van der Waals surface area contributed by atoms with Crippen molar-refractivity contribution in [2.75, 3.05) is 45.3 Å². The van der Waals surface area contributed by atoms with E-state index >= 15 is 0 Å². The second-order valence-electron chi connectivity index (χ2n) is 9.61. The molecule has 2 aromatic heterocycles. The highest BCUT2D eigenvalue weighted by atomic mass is 32.1. The van der Waals surface area contributed by atoms with Gasteiger partial charge in [-0.3, -0.25) is 4.90 Å². The van der Waals surface area contributed by atoms with Crippen LogP contribution in [0.15, 0.2) is 42.5 Å². The first-order valence-electron chi connectivity index (χ1n) is 12.3. The van der Waals surface area contributed by atoms with Gasteiger partial charge in [0.05, 0.1) is 30.0 Å². The van der Waals surface area contributed by atoms with E-state index < -0.39 is 0 Å². The summed E-state index contributed by atoms with van der Waals surface area (Å²) in [5, 5.41) is 14.2. The number of thiazole rings is 1. The number of rotatable bonds is 8. The highest BCUT2D eigenvalue weighted by Gasteiger charge is 2.36. The molecule has 2 aromatic carbocycles. The minimum absolute atomic E-state index is 0.187. The second-order valence-corrected chi connectivity index (χ2v) is 10.6. The molecular weight excluding hydrogens is 474 g/mol. The predicted octanol–water partition coefficient (Wildman–Crippen LogP) is 4.36. The van der Waals surface area contributed by atoms with Crippen LogP contribution in [0, 0.1) is 0 Å². The summed E-state index contributed by atoms with van der Waals surface area (Å²) < 4.78 is 14.6. The van der Waals surface area contributed by atoms with Gasteiger partial charge in [0.1, 0.15) is 17.5 Å². The lowest BCUT2D eigenvalue weighted by Gasteiger charge is -2.40. The van der Waals surface area contributed by atoms with Gasteiger partial charge in [0.25, 0.3) is 0 Å². The number of hydrogen-bond acceptors (Lipinski definition) is 9. The SMILES string of the molecule is CCC(C)(C)n1nnnc1[C@@H](c1cc(OC)ccc1OC)N1CCN(c2nc3ccccc3s2)CC1. The predicted molar refractivity (Wildman–Crippen MR) is 142 cm³/mol. The number of para-hydroxylation sites is 1. The van der Waals surface area contributed by atoms with Crippen LogP contribution < -0.4 is 14.4 Å². The maximum Gasteiger partial charge on any atom is 0.186 e. The standard InChI is InChI=1S/C26H33N7O2S/c1-6-26(2,3)33-24(28-29-30-33)23(19-17-18(34-4)11-12-21(19)35-5)31-13-15-32(16-14-31)25-27-20-9-7-8-10-22(20)36-25/h7-12,17,23H,6,13-16H2,1-5H3/t23-/m1/s1. The Hall–Kier alpha value is -3.24. The number of aromatic nitrogens is 5. The Bertz CT molecular complexity index is 1290. The first kappa shape index (κ1) is 24.5. The van der Waals surface area contributed by atoms with Gasteiger partial charge in [0, 0.05) is 31.7 Å². The Balaban J connectivity index is 1.50. The van der Waals surface area contributed by atoms with Crippen LogP contribution in [0.4, 0.5) is 5.13 Å². The van der Waals surface area contributed by atoms with Gasteiger partial charge in [-0.05, 0) is 61.0 Å². The Kier molecular flexibility index (Phi) is 6.81. The number of piperazine rings is 1. The molecule has 1 saturated heterocycles. The highest BCUT2D eigenvalue weighted by Crippen LogP contribution is 2.39. The summed E-state index contributed by atoms with van der Waals surface area (Å²) in [5.41, 5.74) is 1.82. The van der Waals surface area contributed by atoms with E-state index in [4.69, 9.17) is 14.5 Å². The highest BCUT2D eigenvalue weighted by molar-refractivity contribution is 7.22. The van der Waals surface area contributed by atoms with Crippen molar-refractivity contribution < 1.29 is 9.47 Å². The van der Waals surface area contributed by atoms with Crippen molar-refractivity contribution in [1.82, 2.24) is 30.1 Å². The third-order valence-electron chi connectivity index (χ3n) is 7.14. The summed E-state index contributed by atoms with van der Waals surface area (Å²) in [6, 6.07) is 14.0. The fraction of sp³-hybridized carbons (Fsp3) is 0.462. The van der Waals surface area contributed by atoms with Gasteiger partial charge in [-0.25, -0.2) is 9.67 Å². The summed E-state index contributed by atoms with van der Waals surface area (Å²) in [6.45, 7) is 9.88. The van der Waals surface area contributed by atoms with Gasteiger partial charge in [-0.15, -0.1) is 5.10 Å². The Labute approximate surface area is 215 Å². The molecule has 0 spiro atoms. The van der Waals surface area contributed by atoms with E-state index in [2.05, 4.69) is 64.3 Å². The quantitative estimate of drug-likeness (QED) is 0.348. The van der Waals surface area contributed by atoms with Crippen LogP contribution in [0.2, 0.25) is 0 Å². The van der Waals surface area contributed by atoms with Crippen LogP contribution in [0.5, 0.6) is 11.5 Å². The van der Waals surface area contributed by atoms with Crippen molar-refractivity contribution in [3.05, 3.63) is 53.9 Å². The van der Waals surface area contributed by atoms with Gasteiger partial charge in [0.15, 0.2) is 11.0 Å². The number of methoxy groups -OCH3 is 2. The lowest BCUT2D eigenvalue weighted by Crippen LogP contribution is -2.49. The molecule has 0 unspecified atom stereocenters. The molecule has 0 bridgehead atoms. The van der Waals surface area contributed by atoms with Crippen LogP contribution in [0.3, 0.4) is 0 Å². The van der Waals surface area contributed by atoms with Crippen LogP contribution >= 0.6 is 11.3 Å². The largest absolute Gasteiger partial charge is 0.497 e. The molecule has 3 heterocycles. The number of nitrogens with zero attached hydrogens (tertiary/aromatic N) is 7. The molecule has 5 rings (SSSR count). The Morgan fingerprint density at radius 3 is 2.50 bits per heavy atom. The minimum atomic E-state index is -0.230. The lowest BCUT2D eigenvalue weighted by molar-refractivity contribution is 0.184. The molecule has 4 aromatic rings. The van der Waals surface area contributed by atoms with Crippen molar-refractivity contribution in [3.63, 3.8) is 0 Å². The average molecular weight is 508 g/mol. The van der Waals surface area contributed by atoms with Crippen LogP contribution in [0.1, 0.15) is 44.6 Å². The van der Waals surface area contributed by atoms with E-state index in [0.29, 0.717) is 0 Å². The number of fused-ring (bicyclic) bond motifs is 1. The molecule has 1 aliphatic heterocycles. The van der Waals surface area contributed by atoms with E-state index in [9.17, 15) is 0 Å². The molecular formula is C26H33N7O2S. The van der Waals surface area contributed by atoms with Crippen molar-refractivity contribution >= 4 is 26.7 Å². The minimum Gasteiger partial charge on any atom is -0.497 e. The fourth-order valence-corrected chi connectivity index (χ4v) is 5.68. The first-order valence-corrected chi connectivity index (χ1v) is 13.1.